The van der Waals surface area contributed by atoms with Gasteiger partial charge in [0.15, 0.2) is 6.29 Å². The Balaban J connectivity index is 2.13. The average Bonchev–Trinajstić information content (AvgIpc) is 2.65. The number of nitro groups is 1. The van der Waals surface area contributed by atoms with Crippen LogP contribution in [0.5, 0.6) is 0 Å². The first-order valence-corrected chi connectivity index (χ1v) is 4.89. The number of benzene rings is 1. The van der Waals surface area contributed by atoms with Crippen molar-refractivity contribution in [3.05, 3.63) is 45.5 Å². The van der Waals surface area contributed by atoms with Gasteiger partial charge in [0, 0.05) is 18.6 Å². The maximum Gasteiger partial charge on any atom is 0.269 e. The first-order chi connectivity index (χ1) is 7.65. The molecule has 5 heteroatoms. The fourth-order valence-corrected chi connectivity index (χ4v) is 1.57. The fourth-order valence-electron chi connectivity index (χ4n) is 1.57. The molecule has 1 N–H and O–H groups in total. The van der Waals surface area contributed by atoms with Gasteiger partial charge in [-0.1, -0.05) is 6.08 Å². The van der Waals surface area contributed by atoms with E-state index in [1.165, 1.54) is 12.1 Å². The molecule has 0 aliphatic carbocycles. The molecule has 0 saturated carbocycles. The van der Waals surface area contributed by atoms with Gasteiger partial charge in [0.1, 0.15) is 0 Å². The van der Waals surface area contributed by atoms with E-state index >= 15 is 0 Å². The number of hydrogen-bond donors (Lipinski definition) is 1. The van der Waals surface area contributed by atoms with Crippen molar-refractivity contribution in [1.82, 2.24) is 0 Å². The average molecular weight is 221 g/mol. The predicted molar refractivity (Wildman–Crippen MR) is 57.6 cm³/mol. The van der Waals surface area contributed by atoms with Crippen LogP contribution in [0.15, 0.2) is 29.8 Å². The summed E-state index contributed by atoms with van der Waals surface area (Å²) in [6, 6.07) is 6.27. The molecule has 1 heterocycles. The molecule has 1 aromatic carbocycles. The van der Waals surface area contributed by atoms with E-state index < -0.39 is 11.2 Å². The number of rotatable bonds is 2. The van der Waals surface area contributed by atoms with Gasteiger partial charge in [-0.2, -0.15) is 0 Å². The molecule has 0 bridgehead atoms. The third-order valence-electron chi connectivity index (χ3n) is 2.37. The zero-order valence-corrected chi connectivity index (χ0v) is 8.50. The summed E-state index contributed by atoms with van der Waals surface area (Å²) in [6.07, 6.45) is 1.65. The van der Waals surface area contributed by atoms with E-state index in [0.29, 0.717) is 13.0 Å². The van der Waals surface area contributed by atoms with Crippen molar-refractivity contribution < 1.29 is 14.8 Å². The Morgan fingerprint density at radius 1 is 1.44 bits per heavy atom. The number of aliphatic hydroxyl groups is 1. The van der Waals surface area contributed by atoms with Crippen LogP contribution in [-0.4, -0.2) is 22.9 Å². The van der Waals surface area contributed by atoms with Crippen LogP contribution in [0.2, 0.25) is 0 Å². The second kappa shape index (κ2) is 4.42. The van der Waals surface area contributed by atoms with Gasteiger partial charge in [-0.15, -0.1) is 0 Å². The Bertz CT molecular complexity index is 424. The van der Waals surface area contributed by atoms with Crippen LogP contribution in [-0.2, 0) is 4.74 Å². The van der Waals surface area contributed by atoms with Gasteiger partial charge in [0.2, 0.25) is 0 Å². The molecule has 0 radical (unpaired) electrons. The lowest BCUT2D eigenvalue weighted by atomic mass is 10.1. The monoisotopic (exact) mass is 221 g/mol. The van der Waals surface area contributed by atoms with Gasteiger partial charge in [-0.25, -0.2) is 0 Å². The van der Waals surface area contributed by atoms with Crippen LogP contribution in [0.25, 0.3) is 6.08 Å². The Labute approximate surface area is 92.1 Å². The van der Waals surface area contributed by atoms with Crippen molar-refractivity contribution in [2.45, 2.75) is 12.7 Å². The molecule has 0 spiro atoms. The van der Waals surface area contributed by atoms with E-state index in [2.05, 4.69) is 0 Å². The Kier molecular flexibility index (Phi) is 2.98. The molecule has 1 fully saturated rings. The molecule has 0 unspecified atom stereocenters. The van der Waals surface area contributed by atoms with Gasteiger partial charge in [0.05, 0.1) is 11.5 Å². The van der Waals surface area contributed by atoms with Crippen molar-refractivity contribution in [2.24, 2.45) is 0 Å². The molecule has 2 rings (SSSR count). The number of aliphatic hydroxyl groups excluding tert-OH is 1. The maximum atomic E-state index is 10.4. The zero-order chi connectivity index (χ0) is 11.5. The first-order valence-electron chi connectivity index (χ1n) is 4.89. The highest BCUT2D eigenvalue weighted by molar-refractivity contribution is 5.55. The van der Waals surface area contributed by atoms with E-state index in [4.69, 9.17) is 9.84 Å². The Morgan fingerprint density at radius 2 is 2.12 bits per heavy atom. The molecular weight excluding hydrogens is 210 g/mol. The second-order valence-corrected chi connectivity index (χ2v) is 3.62. The lowest BCUT2D eigenvalue weighted by molar-refractivity contribution is -0.384. The number of nitro benzene ring substituents is 1. The van der Waals surface area contributed by atoms with Crippen LogP contribution in [0.1, 0.15) is 12.0 Å². The highest BCUT2D eigenvalue weighted by atomic mass is 16.6. The summed E-state index contributed by atoms with van der Waals surface area (Å²) in [6.45, 7) is 0.415. The fraction of sp³-hybridized carbons (Fsp3) is 0.273. The molecule has 1 aliphatic rings. The van der Waals surface area contributed by atoms with Crippen LogP contribution < -0.4 is 0 Å². The minimum Gasteiger partial charge on any atom is -0.368 e. The molecular formula is C11H11NO4. The summed E-state index contributed by atoms with van der Waals surface area (Å²) in [5, 5.41) is 19.6. The summed E-state index contributed by atoms with van der Waals surface area (Å²) in [7, 11) is 0. The van der Waals surface area contributed by atoms with Crippen LogP contribution in [0.4, 0.5) is 5.69 Å². The van der Waals surface area contributed by atoms with Crippen molar-refractivity contribution in [3.8, 4) is 0 Å². The number of ether oxygens (including phenoxy) is 1. The summed E-state index contributed by atoms with van der Waals surface area (Å²) in [5.41, 5.74) is 1.93. The zero-order valence-electron chi connectivity index (χ0n) is 8.50. The summed E-state index contributed by atoms with van der Waals surface area (Å²) >= 11 is 0. The van der Waals surface area contributed by atoms with E-state index in [1.54, 1.807) is 12.1 Å². The largest absolute Gasteiger partial charge is 0.368 e. The van der Waals surface area contributed by atoms with Crippen molar-refractivity contribution in [2.75, 3.05) is 6.61 Å². The van der Waals surface area contributed by atoms with Gasteiger partial charge in [-0.05, 0) is 23.3 Å². The topological polar surface area (TPSA) is 72.6 Å². The minimum atomic E-state index is -0.718. The van der Waals surface area contributed by atoms with Crippen molar-refractivity contribution in [3.63, 3.8) is 0 Å². The molecule has 0 aromatic heterocycles. The Morgan fingerprint density at radius 3 is 2.62 bits per heavy atom. The van der Waals surface area contributed by atoms with Crippen molar-refractivity contribution in [1.29, 1.82) is 0 Å². The number of hydrogen-bond acceptors (Lipinski definition) is 4. The lowest BCUT2D eigenvalue weighted by Gasteiger charge is -1.96. The number of nitrogens with zero attached hydrogens (tertiary/aromatic N) is 1. The van der Waals surface area contributed by atoms with Crippen molar-refractivity contribution >= 4 is 11.8 Å². The van der Waals surface area contributed by atoms with Crippen LogP contribution >= 0.6 is 0 Å². The molecule has 5 nitrogen and oxygen atoms in total. The smallest absolute Gasteiger partial charge is 0.269 e. The molecule has 1 aliphatic heterocycles. The van der Waals surface area contributed by atoms with E-state index in [0.717, 1.165) is 11.1 Å². The number of non-ortho nitro benzene ring substituents is 1. The Hall–Kier alpha value is -1.72. The maximum absolute atomic E-state index is 10.4. The van der Waals surface area contributed by atoms with Gasteiger partial charge in [0.25, 0.3) is 5.69 Å². The van der Waals surface area contributed by atoms with Gasteiger partial charge >= 0.3 is 0 Å². The lowest BCUT2D eigenvalue weighted by Crippen LogP contribution is -1.99. The predicted octanol–water partition coefficient (Wildman–Crippen LogP) is 1.72. The minimum absolute atomic E-state index is 0.0739. The van der Waals surface area contributed by atoms with Gasteiger partial charge in [-0.3, -0.25) is 10.1 Å². The highest BCUT2D eigenvalue weighted by Gasteiger charge is 2.16. The third kappa shape index (κ3) is 2.44. The van der Waals surface area contributed by atoms with E-state index in [-0.39, 0.29) is 5.69 Å². The molecule has 84 valence electrons. The molecule has 1 saturated heterocycles. The van der Waals surface area contributed by atoms with Crippen LogP contribution in [0.3, 0.4) is 0 Å². The van der Waals surface area contributed by atoms with E-state index in [9.17, 15) is 10.1 Å². The second-order valence-electron chi connectivity index (χ2n) is 3.62. The third-order valence-corrected chi connectivity index (χ3v) is 2.37. The summed E-state index contributed by atoms with van der Waals surface area (Å²) < 4.78 is 4.98. The standard InChI is InChI=1S/C11H11NO4/c13-11-6-9(7-16-11)5-8-1-3-10(4-2-8)12(14)15/h1-5,11,13H,6-7H2/b9-5-/t11-/m1/s1. The SMILES string of the molecule is O=[N+]([O-])c1ccc(/C=C2\CO[C@@H](O)C2)cc1. The molecule has 0 amide bonds. The van der Waals surface area contributed by atoms with Crippen LogP contribution in [0, 0.1) is 10.1 Å². The summed E-state index contributed by atoms with van der Waals surface area (Å²) in [4.78, 5) is 10.0. The first kappa shape index (κ1) is 10.8. The molecule has 1 aromatic rings. The van der Waals surface area contributed by atoms with E-state index in [1.807, 2.05) is 6.08 Å². The molecule has 16 heavy (non-hydrogen) atoms. The normalized spacial score (nSPS) is 22.6. The summed E-state index contributed by atoms with van der Waals surface area (Å²) in [5.74, 6) is 0. The quantitative estimate of drug-likeness (QED) is 0.609. The highest BCUT2D eigenvalue weighted by Crippen LogP contribution is 2.20. The van der Waals surface area contributed by atoms with Gasteiger partial charge < -0.3 is 9.84 Å². The molecule has 1 atom stereocenters.